The van der Waals surface area contributed by atoms with E-state index in [9.17, 15) is 18.0 Å². The monoisotopic (exact) mass is 565 g/mol. The van der Waals surface area contributed by atoms with Crippen LogP contribution in [-0.4, -0.2) is 63.5 Å². The number of nitrogens with zero attached hydrogens (tertiary/aromatic N) is 5. The highest BCUT2D eigenvalue weighted by Crippen LogP contribution is 2.32. The Morgan fingerprint density at radius 1 is 1.02 bits per heavy atom. The van der Waals surface area contributed by atoms with Gasteiger partial charge >= 0.3 is 6.18 Å². The minimum Gasteiger partial charge on any atom is -0.364 e. The Labute approximate surface area is 237 Å². The Morgan fingerprint density at radius 3 is 2.56 bits per heavy atom. The molecular weight excluding hydrogens is 531 g/mol. The number of benzene rings is 2. The summed E-state index contributed by atoms with van der Waals surface area (Å²) in [6, 6.07) is 12.9. The molecule has 1 fully saturated rings. The number of hydrogen-bond donors (Lipinski definition) is 2. The number of fused-ring (bicyclic) bond motifs is 1. The lowest BCUT2D eigenvalue weighted by molar-refractivity contribution is -0.137. The van der Waals surface area contributed by atoms with Crippen molar-refractivity contribution >= 4 is 23.1 Å². The summed E-state index contributed by atoms with van der Waals surface area (Å²) in [6.45, 7) is 6.18. The van der Waals surface area contributed by atoms with E-state index in [1.807, 2.05) is 25.4 Å². The van der Waals surface area contributed by atoms with Crippen molar-refractivity contribution in [2.75, 3.05) is 43.9 Å². The molecule has 0 unspecified atom stereocenters. The third-order valence-electron chi connectivity index (χ3n) is 7.26. The number of hydrogen-bond acceptors (Lipinski definition) is 6. The number of amides is 1. The highest BCUT2D eigenvalue weighted by Gasteiger charge is 2.31. The third-order valence-corrected chi connectivity index (χ3v) is 7.26. The molecule has 11 heteroatoms. The van der Waals surface area contributed by atoms with E-state index in [4.69, 9.17) is 0 Å². The maximum absolute atomic E-state index is 13.8. The number of anilines is 2. The van der Waals surface area contributed by atoms with E-state index in [0.717, 1.165) is 56.2 Å². The maximum Gasteiger partial charge on any atom is 0.416 e. The van der Waals surface area contributed by atoms with Crippen molar-refractivity contribution in [2.24, 2.45) is 0 Å². The molecule has 1 aliphatic heterocycles. The van der Waals surface area contributed by atoms with Crippen molar-refractivity contribution < 1.29 is 18.0 Å². The second-order valence-electron chi connectivity index (χ2n) is 10.5. The molecule has 41 heavy (non-hydrogen) atoms. The summed E-state index contributed by atoms with van der Waals surface area (Å²) in [4.78, 5) is 21.9. The summed E-state index contributed by atoms with van der Waals surface area (Å²) in [7, 11) is 2.03. The highest BCUT2D eigenvalue weighted by atomic mass is 19.4. The van der Waals surface area contributed by atoms with Gasteiger partial charge in [0.25, 0.3) is 5.91 Å². The number of aryl methyl sites for hydroxylation is 1. The number of halogens is 3. The lowest BCUT2D eigenvalue weighted by Crippen LogP contribution is -2.43. The van der Waals surface area contributed by atoms with Crippen LogP contribution in [0.25, 0.3) is 5.65 Å². The van der Waals surface area contributed by atoms with Crippen molar-refractivity contribution in [1.29, 1.82) is 0 Å². The van der Waals surface area contributed by atoms with Crippen LogP contribution in [0.1, 0.15) is 46.0 Å². The Bertz CT molecular complexity index is 1480. The number of carbonyl (C=O) groups excluding carboxylic acids is 1. The zero-order valence-electron chi connectivity index (χ0n) is 23.2. The molecule has 3 heterocycles. The molecule has 0 aliphatic carbocycles. The second kappa shape index (κ2) is 12.3. The van der Waals surface area contributed by atoms with Crippen LogP contribution in [0.2, 0.25) is 0 Å². The van der Waals surface area contributed by atoms with E-state index in [0.29, 0.717) is 35.7 Å². The standard InChI is InChI=1S/C30H34F3N7O/c1-3-5-22-6-7-23(16-24(22)19-35-27-18-28-34-8-4-9-40(28)37-27)29(41)36-26-15-21(14-25(17-26)30(31,32)33)20-39-12-10-38(2)11-13-39/h4,6-9,14-18H,3,5,10-13,19-20H2,1-2H3,(H,35,37)(H,36,41). The SMILES string of the molecule is CCCc1ccc(C(=O)Nc2cc(CN3CCN(C)CC3)cc(C(F)(F)F)c2)cc1CNc1cc2ncccn2n1. The first-order valence-corrected chi connectivity index (χ1v) is 13.8. The van der Waals surface area contributed by atoms with Crippen LogP contribution in [0.15, 0.2) is 60.9 Å². The normalized spacial score (nSPS) is 14.9. The number of nitrogens with one attached hydrogen (secondary N) is 2. The second-order valence-corrected chi connectivity index (χ2v) is 10.5. The molecule has 0 bridgehead atoms. The van der Waals surface area contributed by atoms with Crippen molar-refractivity contribution in [3.8, 4) is 0 Å². The fourth-order valence-electron chi connectivity index (χ4n) is 5.03. The van der Waals surface area contributed by atoms with E-state index >= 15 is 0 Å². The average Bonchev–Trinajstić information content (AvgIpc) is 3.36. The van der Waals surface area contributed by atoms with E-state index in [1.165, 1.54) is 6.07 Å². The molecule has 2 aromatic heterocycles. The van der Waals surface area contributed by atoms with E-state index in [2.05, 4.69) is 37.4 Å². The van der Waals surface area contributed by atoms with Gasteiger partial charge in [0.2, 0.25) is 0 Å². The van der Waals surface area contributed by atoms with Crippen molar-refractivity contribution in [3.05, 3.63) is 88.7 Å². The van der Waals surface area contributed by atoms with Crippen molar-refractivity contribution in [3.63, 3.8) is 0 Å². The van der Waals surface area contributed by atoms with Gasteiger partial charge in [0.15, 0.2) is 11.5 Å². The predicted octanol–water partition coefficient (Wildman–Crippen LogP) is 5.31. The maximum atomic E-state index is 13.8. The zero-order chi connectivity index (χ0) is 29.0. The van der Waals surface area contributed by atoms with Crippen molar-refractivity contribution in [2.45, 2.75) is 39.0 Å². The summed E-state index contributed by atoms with van der Waals surface area (Å²) in [6.07, 6.45) is 0.741. The van der Waals surface area contributed by atoms with Gasteiger partial charge in [-0.1, -0.05) is 19.4 Å². The molecule has 1 saturated heterocycles. The topological polar surface area (TPSA) is 77.8 Å². The van der Waals surface area contributed by atoms with Gasteiger partial charge in [-0.2, -0.15) is 13.2 Å². The number of carbonyl (C=O) groups is 1. The zero-order valence-corrected chi connectivity index (χ0v) is 23.2. The summed E-state index contributed by atoms with van der Waals surface area (Å²) >= 11 is 0. The molecule has 0 spiro atoms. The van der Waals surface area contributed by atoms with Gasteiger partial charge in [0.05, 0.1) is 5.56 Å². The Hall–Kier alpha value is -3.96. The first-order valence-electron chi connectivity index (χ1n) is 13.8. The summed E-state index contributed by atoms with van der Waals surface area (Å²) < 4.78 is 42.9. The Balaban J connectivity index is 1.34. The number of alkyl halides is 3. The molecule has 2 N–H and O–H groups in total. The van der Waals surface area contributed by atoms with Crippen LogP contribution in [0.5, 0.6) is 0 Å². The molecule has 1 amide bonds. The summed E-state index contributed by atoms with van der Waals surface area (Å²) in [5.74, 6) is 0.189. The lowest BCUT2D eigenvalue weighted by atomic mass is 9.99. The predicted molar refractivity (Wildman–Crippen MR) is 153 cm³/mol. The quantitative estimate of drug-likeness (QED) is 0.286. The van der Waals surface area contributed by atoms with E-state index in [1.54, 1.807) is 35.0 Å². The molecule has 216 valence electrons. The molecule has 1 aliphatic rings. The van der Waals surface area contributed by atoms with Gasteiger partial charge < -0.3 is 15.5 Å². The minimum absolute atomic E-state index is 0.128. The van der Waals surface area contributed by atoms with Gasteiger partial charge in [0, 0.05) is 69.0 Å². The minimum atomic E-state index is -4.52. The molecule has 0 atom stereocenters. The Morgan fingerprint density at radius 2 is 1.83 bits per heavy atom. The smallest absolute Gasteiger partial charge is 0.364 e. The van der Waals surface area contributed by atoms with Crippen LogP contribution in [0, 0.1) is 0 Å². The van der Waals surface area contributed by atoms with Crippen molar-refractivity contribution in [1.82, 2.24) is 24.4 Å². The first-order chi connectivity index (χ1) is 19.7. The summed E-state index contributed by atoms with van der Waals surface area (Å²) in [5.41, 5.74) is 2.97. The first kappa shape index (κ1) is 28.6. The van der Waals surface area contributed by atoms with Gasteiger partial charge in [-0.05, 0) is 66.6 Å². The fraction of sp³-hybridized carbons (Fsp3) is 0.367. The van der Waals surface area contributed by atoms with E-state index < -0.39 is 17.6 Å². The average molecular weight is 566 g/mol. The van der Waals surface area contributed by atoms with Crippen LogP contribution >= 0.6 is 0 Å². The van der Waals surface area contributed by atoms with Gasteiger partial charge in [-0.3, -0.25) is 9.69 Å². The number of likely N-dealkylation sites (N-methyl/N-ethyl adjacent to an activating group) is 1. The van der Waals surface area contributed by atoms with Crippen LogP contribution in [0.3, 0.4) is 0 Å². The van der Waals surface area contributed by atoms with Gasteiger partial charge in [-0.25, -0.2) is 9.50 Å². The molecular formula is C30H34F3N7O. The third kappa shape index (κ3) is 7.22. The number of piperazine rings is 1. The lowest BCUT2D eigenvalue weighted by Gasteiger charge is -2.32. The molecule has 2 aromatic carbocycles. The molecule has 8 nitrogen and oxygen atoms in total. The fourth-order valence-corrected chi connectivity index (χ4v) is 5.03. The van der Waals surface area contributed by atoms with E-state index in [-0.39, 0.29) is 5.69 Å². The van der Waals surface area contributed by atoms with Crippen LogP contribution < -0.4 is 10.6 Å². The van der Waals surface area contributed by atoms with Gasteiger partial charge in [-0.15, -0.1) is 5.10 Å². The Kier molecular flexibility index (Phi) is 8.55. The van der Waals surface area contributed by atoms with Crippen LogP contribution in [0.4, 0.5) is 24.7 Å². The molecule has 0 saturated carbocycles. The highest BCUT2D eigenvalue weighted by molar-refractivity contribution is 6.04. The molecule has 0 radical (unpaired) electrons. The molecule has 5 rings (SSSR count). The number of rotatable bonds is 9. The largest absolute Gasteiger partial charge is 0.416 e. The molecule has 4 aromatic rings. The van der Waals surface area contributed by atoms with Crippen LogP contribution in [-0.2, 0) is 25.7 Å². The number of aromatic nitrogens is 3. The van der Waals surface area contributed by atoms with Gasteiger partial charge in [0.1, 0.15) is 0 Å². The summed E-state index contributed by atoms with van der Waals surface area (Å²) in [5, 5.41) is 10.5.